The van der Waals surface area contributed by atoms with Gasteiger partial charge in [-0.25, -0.2) is 0 Å². The molecule has 0 spiro atoms. The highest BCUT2D eigenvalue weighted by molar-refractivity contribution is 5.85. The van der Waals surface area contributed by atoms with Crippen LogP contribution in [0.1, 0.15) is 11.1 Å². The van der Waals surface area contributed by atoms with E-state index in [0.717, 1.165) is 36.5 Å². The van der Waals surface area contributed by atoms with Gasteiger partial charge >= 0.3 is 6.18 Å². The molecule has 1 N–H and O–H groups in total. The summed E-state index contributed by atoms with van der Waals surface area (Å²) in [6, 6.07) is 7.62. The topological polar surface area (TPSA) is 85.0 Å². The molecule has 0 radical (unpaired) electrons. The van der Waals surface area contributed by atoms with Gasteiger partial charge in [0.2, 0.25) is 0 Å². The molecule has 0 aliphatic carbocycles. The van der Waals surface area contributed by atoms with E-state index in [1.54, 1.807) is 0 Å². The number of hydrogen-bond donors (Lipinski definition) is 1. The summed E-state index contributed by atoms with van der Waals surface area (Å²) in [6.45, 7) is 0. The maximum absolute atomic E-state index is 12.5. The second-order valence-electron chi connectivity index (χ2n) is 4.35. The third-order valence-electron chi connectivity index (χ3n) is 2.81. The van der Waals surface area contributed by atoms with Crippen LogP contribution in [0.3, 0.4) is 0 Å². The van der Waals surface area contributed by atoms with Crippen molar-refractivity contribution in [1.82, 2.24) is 0 Å². The SMILES string of the molecule is O=[N+]([O-])c1ccc(Oc2ccc(C(F)(F)F)cc2)cc1/C=N\O. The summed E-state index contributed by atoms with van der Waals surface area (Å²) in [6.07, 6.45) is -3.59. The number of rotatable bonds is 4. The number of nitro groups is 1. The Labute approximate surface area is 127 Å². The summed E-state index contributed by atoms with van der Waals surface area (Å²) in [5, 5.41) is 22.1. The first kappa shape index (κ1) is 16.3. The predicted molar refractivity (Wildman–Crippen MR) is 74.0 cm³/mol. The third kappa shape index (κ3) is 3.96. The Balaban J connectivity index is 2.26. The monoisotopic (exact) mass is 326 g/mol. The molecule has 0 bridgehead atoms. The quantitative estimate of drug-likeness (QED) is 0.395. The molecule has 0 aliphatic rings. The van der Waals surface area contributed by atoms with E-state index in [9.17, 15) is 23.3 Å². The number of ether oxygens (including phenoxy) is 1. The van der Waals surface area contributed by atoms with Crippen molar-refractivity contribution in [1.29, 1.82) is 0 Å². The molecule has 0 saturated heterocycles. The number of oxime groups is 1. The molecule has 2 aromatic rings. The van der Waals surface area contributed by atoms with E-state index in [2.05, 4.69) is 5.16 Å². The Bertz CT molecular complexity index is 743. The van der Waals surface area contributed by atoms with E-state index < -0.39 is 16.7 Å². The largest absolute Gasteiger partial charge is 0.457 e. The molecule has 0 aliphatic heterocycles. The highest BCUT2D eigenvalue weighted by Gasteiger charge is 2.30. The normalized spacial score (nSPS) is 11.6. The number of alkyl halides is 3. The van der Waals surface area contributed by atoms with Gasteiger partial charge in [0.25, 0.3) is 5.69 Å². The minimum absolute atomic E-state index is 0.0121. The molecule has 0 aromatic heterocycles. The number of nitrogens with zero attached hydrogens (tertiary/aromatic N) is 2. The number of nitro benzene ring substituents is 1. The molecule has 2 rings (SSSR count). The van der Waals surface area contributed by atoms with Gasteiger partial charge in [0, 0.05) is 6.07 Å². The fourth-order valence-corrected chi connectivity index (χ4v) is 1.78. The average Bonchev–Trinajstić information content (AvgIpc) is 2.47. The fraction of sp³-hybridized carbons (Fsp3) is 0.0714. The molecule has 0 amide bonds. The van der Waals surface area contributed by atoms with Crippen LogP contribution >= 0.6 is 0 Å². The van der Waals surface area contributed by atoms with Gasteiger partial charge in [0.15, 0.2) is 0 Å². The summed E-state index contributed by atoms with van der Waals surface area (Å²) in [5.74, 6) is 0.268. The van der Waals surface area contributed by atoms with E-state index in [0.29, 0.717) is 0 Å². The van der Waals surface area contributed by atoms with Gasteiger partial charge in [0.05, 0.1) is 22.3 Å². The van der Waals surface area contributed by atoms with Gasteiger partial charge in [-0.2, -0.15) is 13.2 Å². The van der Waals surface area contributed by atoms with E-state index in [4.69, 9.17) is 9.94 Å². The van der Waals surface area contributed by atoms with Gasteiger partial charge in [-0.15, -0.1) is 0 Å². The zero-order valence-electron chi connectivity index (χ0n) is 11.3. The molecule has 120 valence electrons. The molecule has 0 saturated carbocycles. The van der Waals surface area contributed by atoms with Crippen LogP contribution in [0.4, 0.5) is 18.9 Å². The lowest BCUT2D eigenvalue weighted by molar-refractivity contribution is -0.385. The molecular weight excluding hydrogens is 317 g/mol. The van der Waals surface area contributed by atoms with Gasteiger partial charge in [-0.05, 0) is 36.4 Å². The number of benzene rings is 2. The van der Waals surface area contributed by atoms with E-state index in [-0.39, 0.29) is 22.7 Å². The Morgan fingerprint density at radius 3 is 2.26 bits per heavy atom. The van der Waals surface area contributed by atoms with Crippen molar-refractivity contribution in [3.05, 3.63) is 63.7 Å². The van der Waals surface area contributed by atoms with Crippen LogP contribution < -0.4 is 4.74 Å². The number of hydrogen-bond acceptors (Lipinski definition) is 5. The Morgan fingerprint density at radius 2 is 1.74 bits per heavy atom. The number of halogens is 3. The average molecular weight is 326 g/mol. The Morgan fingerprint density at radius 1 is 1.13 bits per heavy atom. The van der Waals surface area contributed by atoms with Crippen molar-refractivity contribution >= 4 is 11.9 Å². The highest BCUT2D eigenvalue weighted by atomic mass is 19.4. The maximum atomic E-state index is 12.5. The van der Waals surface area contributed by atoms with Crippen LogP contribution in [0.5, 0.6) is 11.5 Å². The summed E-state index contributed by atoms with van der Waals surface area (Å²) in [4.78, 5) is 10.1. The van der Waals surface area contributed by atoms with E-state index >= 15 is 0 Å². The van der Waals surface area contributed by atoms with Crippen molar-refractivity contribution in [3.63, 3.8) is 0 Å². The first-order valence-corrected chi connectivity index (χ1v) is 6.12. The first-order chi connectivity index (χ1) is 10.8. The molecule has 2 aromatic carbocycles. The summed E-state index contributed by atoms with van der Waals surface area (Å²) >= 11 is 0. The minimum atomic E-state index is -4.45. The van der Waals surface area contributed by atoms with E-state index in [1.807, 2.05) is 0 Å². The lowest BCUT2D eigenvalue weighted by Gasteiger charge is -2.09. The lowest BCUT2D eigenvalue weighted by atomic mass is 10.2. The van der Waals surface area contributed by atoms with E-state index in [1.165, 1.54) is 12.1 Å². The van der Waals surface area contributed by atoms with Crippen LogP contribution in [-0.2, 0) is 6.18 Å². The molecule has 0 unspecified atom stereocenters. The van der Waals surface area contributed by atoms with Gasteiger partial charge in [-0.3, -0.25) is 10.1 Å². The Hall–Kier alpha value is -3.10. The van der Waals surface area contributed by atoms with Crippen LogP contribution in [-0.4, -0.2) is 16.3 Å². The second kappa shape index (κ2) is 6.34. The van der Waals surface area contributed by atoms with Gasteiger partial charge in [0.1, 0.15) is 11.5 Å². The zero-order chi connectivity index (χ0) is 17.0. The minimum Gasteiger partial charge on any atom is -0.457 e. The molecular formula is C14H9F3N2O4. The summed E-state index contributed by atoms with van der Waals surface area (Å²) < 4.78 is 42.7. The summed E-state index contributed by atoms with van der Waals surface area (Å²) in [5.41, 5.74) is -1.13. The second-order valence-corrected chi connectivity index (χ2v) is 4.35. The van der Waals surface area contributed by atoms with Crippen molar-refractivity contribution in [2.45, 2.75) is 6.18 Å². The molecule has 9 heteroatoms. The molecule has 0 heterocycles. The summed E-state index contributed by atoms with van der Waals surface area (Å²) in [7, 11) is 0. The van der Waals surface area contributed by atoms with Crippen LogP contribution in [0.15, 0.2) is 47.6 Å². The van der Waals surface area contributed by atoms with Crippen LogP contribution in [0.2, 0.25) is 0 Å². The van der Waals surface area contributed by atoms with Gasteiger partial charge < -0.3 is 9.94 Å². The van der Waals surface area contributed by atoms with Gasteiger partial charge in [-0.1, -0.05) is 5.16 Å². The first-order valence-electron chi connectivity index (χ1n) is 6.12. The molecule has 0 atom stereocenters. The van der Waals surface area contributed by atoms with Crippen molar-refractivity contribution in [2.24, 2.45) is 5.16 Å². The lowest BCUT2D eigenvalue weighted by Crippen LogP contribution is -2.04. The predicted octanol–water partition coefficient (Wildman–Crippen LogP) is 4.21. The fourth-order valence-electron chi connectivity index (χ4n) is 1.78. The highest BCUT2D eigenvalue weighted by Crippen LogP contribution is 2.32. The standard InChI is InChI=1S/C14H9F3N2O4/c15-14(16,17)10-1-3-11(4-2-10)23-12-5-6-13(19(21)22)9(7-12)8-18-20/h1-8,20H/b18-8-. The van der Waals surface area contributed by atoms with Crippen molar-refractivity contribution in [3.8, 4) is 11.5 Å². The third-order valence-corrected chi connectivity index (χ3v) is 2.81. The van der Waals surface area contributed by atoms with Crippen molar-refractivity contribution < 1.29 is 28.0 Å². The van der Waals surface area contributed by atoms with Crippen LogP contribution in [0, 0.1) is 10.1 Å². The Kier molecular flexibility index (Phi) is 4.49. The smallest absolute Gasteiger partial charge is 0.416 e. The molecule has 23 heavy (non-hydrogen) atoms. The van der Waals surface area contributed by atoms with Crippen LogP contribution in [0.25, 0.3) is 0 Å². The maximum Gasteiger partial charge on any atom is 0.416 e. The van der Waals surface area contributed by atoms with Crippen molar-refractivity contribution in [2.75, 3.05) is 0 Å². The zero-order valence-corrected chi connectivity index (χ0v) is 11.3. The molecule has 0 fully saturated rings. The molecule has 6 nitrogen and oxygen atoms in total.